The lowest BCUT2D eigenvalue weighted by molar-refractivity contribution is 0.750. The van der Waals surface area contributed by atoms with Crippen LogP contribution in [0.25, 0.3) is 16.7 Å². The molecule has 0 aliphatic heterocycles. The smallest absolute Gasteiger partial charge is 0.333 e. The highest BCUT2D eigenvalue weighted by atomic mass is 16.1. The Balaban J connectivity index is 1.72. The molecule has 0 unspecified atom stereocenters. The molecule has 2 heterocycles. The summed E-state index contributed by atoms with van der Waals surface area (Å²) < 4.78 is 3.41. The van der Waals surface area contributed by atoms with Crippen molar-refractivity contribution in [2.45, 2.75) is 38.6 Å². The lowest BCUT2D eigenvalue weighted by Crippen LogP contribution is -2.21. The quantitative estimate of drug-likeness (QED) is 0.804. The van der Waals surface area contributed by atoms with Crippen LogP contribution in [0, 0.1) is 6.92 Å². The van der Waals surface area contributed by atoms with E-state index >= 15 is 0 Å². The Kier molecular flexibility index (Phi) is 3.63. The third-order valence-electron chi connectivity index (χ3n) is 4.92. The van der Waals surface area contributed by atoms with Gasteiger partial charge in [-0.25, -0.2) is 9.78 Å². The zero-order valence-electron chi connectivity index (χ0n) is 14.1. The number of aryl methyl sites for hydroxylation is 2. The van der Waals surface area contributed by atoms with Gasteiger partial charge in [-0.2, -0.15) is 0 Å². The van der Waals surface area contributed by atoms with Gasteiger partial charge in [-0.1, -0.05) is 18.9 Å². The van der Waals surface area contributed by atoms with Crippen molar-refractivity contribution in [3.63, 3.8) is 0 Å². The zero-order valence-corrected chi connectivity index (χ0v) is 14.1. The molecule has 5 nitrogen and oxygen atoms in total. The summed E-state index contributed by atoms with van der Waals surface area (Å²) in [5, 5.41) is 3.48. The largest absolute Gasteiger partial charge is 0.367 e. The number of nitrogens with zero attached hydrogens (tertiary/aromatic N) is 3. The van der Waals surface area contributed by atoms with E-state index in [2.05, 4.69) is 10.3 Å². The number of anilines is 1. The van der Waals surface area contributed by atoms with Crippen LogP contribution in [-0.4, -0.2) is 20.2 Å². The van der Waals surface area contributed by atoms with Crippen LogP contribution in [-0.2, 0) is 7.05 Å². The van der Waals surface area contributed by atoms with E-state index in [0.717, 1.165) is 28.1 Å². The Morgan fingerprint density at radius 2 is 1.92 bits per heavy atom. The van der Waals surface area contributed by atoms with Gasteiger partial charge in [0, 0.05) is 13.1 Å². The maximum atomic E-state index is 12.6. The molecule has 2 aromatic heterocycles. The maximum absolute atomic E-state index is 12.6. The van der Waals surface area contributed by atoms with Gasteiger partial charge in [0.15, 0.2) is 0 Å². The molecule has 1 saturated carbocycles. The highest BCUT2D eigenvalue weighted by Gasteiger charge is 2.16. The fourth-order valence-corrected chi connectivity index (χ4v) is 3.58. The Morgan fingerprint density at radius 3 is 2.62 bits per heavy atom. The summed E-state index contributed by atoms with van der Waals surface area (Å²) in [6.07, 6.45) is 6.79. The van der Waals surface area contributed by atoms with Gasteiger partial charge in [0.1, 0.15) is 5.82 Å². The lowest BCUT2D eigenvalue weighted by atomic mass is 10.2. The second-order valence-electron chi connectivity index (χ2n) is 6.70. The summed E-state index contributed by atoms with van der Waals surface area (Å²) in [5.74, 6) is 0.884. The Hall–Kier alpha value is -2.56. The van der Waals surface area contributed by atoms with Crippen molar-refractivity contribution in [2.75, 3.05) is 5.32 Å². The molecule has 0 bridgehead atoms. The third-order valence-corrected chi connectivity index (χ3v) is 4.92. The van der Waals surface area contributed by atoms with E-state index in [1.165, 1.54) is 25.7 Å². The van der Waals surface area contributed by atoms with E-state index < -0.39 is 0 Å². The molecule has 0 amide bonds. The number of hydrogen-bond donors (Lipinski definition) is 1. The van der Waals surface area contributed by atoms with Crippen LogP contribution in [0.5, 0.6) is 0 Å². The number of rotatable bonds is 3. The van der Waals surface area contributed by atoms with Crippen LogP contribution in [0.2, 0.25) is 0 Å². The van der Waals surface area contributed by atoms with Crippen LogP contribution in [0.3, 0.4) is 0 Å². The first kappa shape index (κ1) is 15.0. The molecule has 0 saturated heterocycles. The molecule has 1 aromatic carbocycles. The summed E-state index contributed by atoms with van der Waals surface area (Å²) in [5.41, 5.74) is 3.74. The van der Waals surface area contributed by atoms with E-state index in [1.807, 2.05) is 44.3 Å². The summed E-state index contributed by atoms with van der Waals surface area (Å²) in [6.45, 7) is 2.03. The minimum atomic E-state index is -0.0473. The molecular weight excluding hydrogens is 300 g/mol. The van der Waals surface area contributed by atoms with Crippen LogP contribution in [0.4, 0.5) is 5.82 Å². The van der Waals surface area contributed by atoms with Crippen LogP contribution >= 0.6 is 0 Å². The number of imidazole rings is 1. The summed E-state index contributed by atoms with van der Waals surface area (Å²) in [7, 11) is 1.81. The van der Waals surface area contributed by atoms with Crippen molar-refractivity contribution in [2.24, 2.45) is 7.05 Å². The SMILES string of the molecule is Cc1ccc2c(c1)n(C)c(=O)n2-c1ccc(NC2CCCC2)nc1. The van der Waals surface area contributed by atoms with E-state index in [4.69, 9.17) is 0 Å². The summed E-state index contributed by atoms with van der Waals surface area (Å²) >= 11 is 0. The predicted molar refractivity (Wildman–Crippen MR) is 96.9 cm³/mol. The van der Waals surface area contributed by atoms with Crippen molar-refractivity contribution in [1.29, 1.82) is 0 Å². The van der Waals surface area contributed by atoms with Crippen molar-refractivity contribution in [3.05, 3.63) is 52.6 Å². The highest BCUT2D eigenvalue weighted by molar-refractivity contribution is 5.78. The standard InChI is InChI=1S/C19H22N4O/c1-13-7-9-16-17(11-13)22(2)19(24)23(16)15-8-10-18(20-12-15)21-14-5-3-4-6-14/h7-12,14H,3-6H2,1-2H3,(H,20,21). The first-order valence-corrected chi connectivity index (χ1v) is 8.54. The van der Waals surface area contributed by atoms with Crippen LogP contribution in [0.15, 0.2) is 41.3 Å². The number of benzene rings is 1. The molecular formula is C19H22N4O. The summed E-state index contributed by atoms with van der Waals surface area (Å²) in [6, 6.07) is 10.5. The molecule has 1 aliphatic carbocycles. The van der Waals surface area contributed by atoms with Gasteiger partial charge >= 0.3 is 5.69 Å². The monoisotopic (exact) mass is 322 g/mol. The number of fused-ring (bicyclic) bond motifs is 1. The molecule has 1 aliphatic rings. The molecule has 0 radical (unpaired) electrons. The molecule has 0 spiro atoms. The molecule has 124 valence electrons. The van der Waals surface area contributed by atoms with Gasteiger partial charge in [-0.15, -0.1) is 0 Å². The van der Waals surface area contributed by atoms with E-state index in [9.17, 15) is 4.79 Å². The average molecular weight is 322 g/mol. The van der Waals surface area contributed by atoms with Crippen molar-refractivity contribution in [1.82, 2.24) is 14.1 Å². The molecule has 4 rings (SSSR count). The fourth-order valence-electron chi connectivity index (χ4n) is 3.58. The van der Waals surface area contributed by atoms with E-state index in [-0.39, 0.29) is 5.69 Å². The second-order valence-corrected chi connectivity index (χ2v) is 6.70. The van der Waals surface area contributed by atoms with Crippen LogP contribution in [0.1, 0.15) is 31.2 Å². The molecule has 1 fully saturated rings. The Morgan fingerprint density at radius 1 is 1.12 bits per heavy atom. The molecule has 0 atom stereocenters. The topological polar surface area (TPSA) is 51.9 Å². The zero-order chi connectivity index (χ0) is 16.7. The fraction of sp³-hybridized carbons (Fsp3) is 0.368. The molecule has 3 aromatic rings. The van der Waals surface area contributed by atoms with Gasteiger partial charge in [-0.3, -0.25) is 9.13 Å². The average Bonchev–Trinajstić information content (AvgIpc) is 3.17. The number of hydrogen-bond acceptors (Lipinski definition) is 3. The second kappa shape index (κ2) is 5.82. The van der Waals surface area contributed by atoms with Gasteiger partial charge in [-0.05, 0) is 49.6 Å². The number of pyridine rings is 1. The minimum absolute atomic E-state index is 0.0473. The first-order valence-electron chi connectivity index (χ1n) is 8.54. The predicted octanol–water partition coefficient (Wildman–Crippen LogP) is 3.39. The molecule has 5 heteroatoms. The minimum Gasteiger partial charge on any atom is -0.367 e. The van der Waals surface area contributed by atoms with Gasteiger partial charge in [0.2, 0.25) is 0 Å². The van der Waals surface area contributed by atoms with E-state index in [0.29, 0.717) is 6.04 Å². The maximum Gasteiger partial charge on any atom is 0.333 e. The van der Waals surface area contributed by atoms with Crippen molar-refractivity contribution in [3.8, 4) is 5.69 Å². The van der Waals surface area contributed by atoms with Gasteiger partial charge in [0.05, 0.1) is 22.9 Å². The Labute approximate surface area is 140 Å². The van der Waals surface area contributed by atoms with Crippen molar-refractivity contribution >= 4 is 16.9 Å². The third kappa shape index (κ3) is 2.50. The van der Waals surface area contributed by atoms with Gasteiger partial charge in [0.25, 0.3) is 0 Å². The van der Waals surface area contributed by atoms with Crippen molar-refractivity contribution < 1.29 is 0 Å². The lowest BCUT2D eigenvalue weighted by Gasteiger charge is -2.12. The number of nitrogens with one attached hydrogen (secondary N) is 1. The molecule has 1 N–H and O–H groups in total. The normalized spacial score (nSPS) is 15.2. The van der Waals surface area contributed by atoms with Gasteiger partial charge < -0.3 is 5.32 Å². The first-order chi connectivity index (χ1) is 11.6. The number of aromatic nitrogens is 3. The highest BCUT2D eigenvalue weighted by Crippen LogP contribution is 2.22. The Bertz CT molecular complexity index is 930. The summed E-state index contributed by atoms with van der Waals surface area (Å²) in [4.78, 5) is 17.2. The molecule has 24 heavy (non-hydrogen) atoms. The van der Waals surface area contributed by atoms with E-state index in [1.54, 1.807) is 15.3 Å². The van der Waals surface area contributed by atoms with Crippen LogP contribution < -0.4 is 11.0 Å².